The summed E-state index contributed by atoms with van der Waals surface area (Å²) < 4.78 is 0. The summed E-state index contributed by atoms with van der Waals surface area (Å²) in [5.74, 6) is 0. The Bertz CT molecular complexity index is 325. The Labute approximate surface area is 79.0 Å². The molecule has 0 saturated carbocycles. The predicted octanol–water partition coefficient (Wildman–Crippen LogP) is 2.00. The summed E-state index contributed by atoms with van der Waals surface area (Å²) >= 11 is 11.1. The van der Waals surface area contributed by atoms with E-state index < -0.39 is 0 Å². The summed E-state index contributed by atoms with van der Waals surface area (Å²) in [7, 11) is 0. The van der Waals surface area contributed by atoms with Gasteiger partial charge in [0.2, 0.25) is 5.28 Å². The van der Waals surface area contributed by atoms with Crippen LogP contribution in [0.4, 0.5) is 0 Å². The Balaban J connectivity index is 3.01. The Morgan fingerprint density at radius 1 is 1.42 bits per heavy atom. The molecule has 0 aliphatic heterocycles. The van der Waals surface area contributed by atoms with E-state index in [2.05, 4.69) is 9.97 Å². The lowest BCUT2D eigenvalue weighted by Crippen LogP contribution is -1.85. The second kappa shape index (κ2) is 4.18. The van der Waals surface area contributed by atoms with Gasteiger partial charge in [-0.1, -0.05) is 11.6 Å². The van der Waals surface area contributed by atoms with Crippen molar-refractivity contribution in [3.05, 3.63) is 28.3 Å². The van der Waals surface area contributed by atoms with Crippen molar-refractivity contribution in [2.45, 2.75) is 0 Å². The number of aromatic nitrogens is 2. The SMILES string of the molecule is O=CC=Cc1cnc(Cl)nc1Cl. The van der Waals surface area contributed by atoms with Gasteiger partial charge in [-0.2, -0.15) is 0 Å². The summed E-state index contributed by atoms with van der Waals surface area (Å²) in [6.45, 7) is 0. The maximum Gasteiger partial charge on any atom is 0.223 e. The number of allylic oxidation sites excluding steroid dienone is 1. The highest BCUT2D eigenvalue weighted by Crippen LogP contribution is 2.14. The first kappa shape index (κ1) is 9.16. The molecule has 0 N–H and O–H groups in total. The number of hydrogen-bond donors (Lipinski definition) is 0. The van der Waals surface area contributed by atoms with Gasteiger partial charge in [0.15, 0.2) is 0 Å². The molecule has 0 bridgehead atoms. The molecule has 1 rings (SSSR count). The molecule has 3 nitrogen and oxygen atoms in total. The van der Waals surface area contributed by atoms with Crippen molar-refractivity contribution in [3.8, 4) is 0 Å². The highest BCUT2D eigenvalue weighted by molar-refractivity contribution is 6.32. The molecule has 0 fully saturated rings. The quantitative estimate of drug-likeness (QED) is 0.319. The van der Waals surface area contributed by atoms with Gasteiger partial charge in [0.1, 0.15) is 11.4 Å². The van der Waals surface area contributed by atoms with Gasteiger partial charge in [-0.15, -0.1) is 0 Å². The van der Waals surface area contributed by atoms with Gasteiger partial charge in [0.05, 0.1) is 0 Å². The third-order valence-electron chi connectivity index (χ3n) is 1.09. The third kappa shape index (κ3) is 2.29. The summed E-state index contributed by atoms with van der Waals surface area (Å²) in [5.41, 5.74) is 0.563. The summed E-state index contributed by atoms with van der Waals surface area (Å²) in [4.78, 5) is 17.3. The molecule has 1 aromatic rings. The van der Waals surface area contributed by atoms with Crippen LogP contribution in [0.3, 0.4) is 0 Å². The first-order chi connectivity index (χ1) is 5.74. The summed E-state index contributed by atoms with van der Waals surface area (Å²) in [6, 6.07) is 0. The average Bonchev–Trinajstić information content (AvgIpc) is 2.03. The fourth-order valence-corrected chi connectivity index (χ4v) is 0.974. The number of aldehydes is 1. The van der Waals surface area contributed by atoms with Crippen LogP contribution in [-0.4, -0.2) is 16.3 Å². The maximum absolute atomic E-state index is 9.96. The van der Waals surface area contributed by atoms with Crippen LogP contribution in [0.25, 0.3) is 6.08 Å². The van der Waals surface area contributed by atoms with E-state index in [1.54, 1.807) is 0 Å². The Kier molecular flexibility index (Phi) is 3.19. The highest BCUT2D eigenvalue weighted by Gasteiger charge is 1.98. The van der Waals surface area contributed by atoms with Gasteiger partial charge in [0.25, 0.3) is 0 Å². The first-order valence-corrected chi connectivity index (χ1v) is 3.79. The molecular weight excluding hydrogens is 199 g/mol. The molecule has 0 spiro atoms. The molecule has 0 radical (unpaired) electrons. The summed E-state index contributed by atoms with van der Waals surface area (Å²) in [6.07, 6.45) is 4.90. The number of halogens is 2. The van der Waals surface area contributed by atoms with E-state index in [9.17, 15) is 4.79 Å². The Morgan fingerprint density at radius 3 is 2.75 bits per heavy atom. The van der Waals surface area contributed by atoms with Crippen molar-refractivity contribution in [2.24, 2.45) is 0 Å². The van der Waals surface area contributed by atoms with Crippen molar-refractivity contribution in [3.63, 3.8) is 0 Å². The average molecular weight is 203 g/mol. The van der Waals surface area contributed by atoms with Crippen molar-refractivity contribution >= 4 is 35.6 Å². The van der Waals surface area contributed by atoms with E-state index in [-0.39, 0.29) is 10.4 Å². The molecule has 0 saturated heterocycles. The second-order valence-corrected chi connectivity index (χ2v) is 2.58. The molecule has 0 aliphatic rings. The monoisotopic (exact) mass is 202 g/mol. The van der Waals surface area contributed by atoms with Gasteiger partial charge in [0, 0.05) is 11.8 Å². The number of carbonyl (C=O) groups excluding carboxylic acids is 1. The lowest BCUT2D eigenvalue weighted by molar-refractivity contribution is -0.104. The van der Waals surface area contributed by atoms with Crippen molar-refractivity contribution < 1.29 is 4.79 Å². The molecule has 0 amide bonds. The van der Waals surface area contributed by atoms with E-state index >= 15 is 0 Å². The van der Waals surface area contributed by atoms with E-state index in [0.717, 1.165) is 0 Å². The minimum atomic E-state index is 0.0863. The number of nitrogens with zero attached hydrogens (tertiary/aromatic N) is 2. The molecule has 0 aliphatic carbocycles. The lowest BCUT2D eigenvalue weighted by Gasteiger charge is -1.94. The molecule has 62 valence electrons. The van der Waals surface area contributed by atoms with Crippen LogP contribution in [0.5, 0.6) is 0 Å². The molecule has 5 heteroatoms. The molecule has 0 atom stereocenters. The van der Waals surface area contributed by atoms with Crippen LogP contribution in [0, 0.1) is 0 Å². The molecular formula is C7H4Cl2N2O. The van der Waals surface area contributed by atoms with Crippen LogP contribution in [-0.2, 0) is 4.79 Å². The zero-order chi connectivity index (χ0) is 8.97. The van der Waals surface area contributed by atoms with E-state index in [4.69, 9.17) is 23.2 Å². The van der Waals surface area contributed by atoms with E-state index in [1.807, 2.05) is 0 Å². The van der Waals surface area contributed by atoms with Crippen LogP contribution < -0.4 is 0 Å². The van der Waals surface area contributed by atoms with E-state index in [0.29, 0.717) is 11.8 Å². The smallest absolute Gasteiger partial charge is 0.223 e. The zero-order valence-corrected chi connectivity index (χ0v) is 7.38. The minimum Gasteiger partial charge on any atom is -0.299 e. The van der Waals surface area contributed by atoms with Crippen LogP contribution in [0.1, 0.15) is 5.56 Å². The lowest BCUT2D eigenvalue weighted by atomic mass is 10.3. The van der Waals surface area contributed by atoms with Crippen LogP contribution in [0.2, 0.25) is 10.4 Å². The molecule has 1 aromatic heterocycles. The van der Waals surface area contributed by atoms with Gasteiger partial charge in [-0.25, -0.2) is 9.97 Å². The topological polar surface area (TPSA) is 42.9 Å². The predicted molar refractivity (Wildman–Crippen MR) is 47.2 cm³/mol. The Hall–Kier alpha value is -0.930. The third-order valence-corrected chi connectivity index (χ3v) is 1.58. The van der Waals surface area contributed by atoms with Crippen molar-refractivity contribution in [1.82, 2.24) is 9.97 Å². The highest BCUT2D eigenvalue weighted by atomic mass is 35.5. The number of carbonyl (C=O) groups is 1. The normalized spacial score (nSPS) is 10.5. The maximum atomic E-state index is 9.96. The van der Waals surface area contributed by atoms with Crippen molar-refractivity contribution in [1.29, 1.82) is 0 Å². The van der Waals surface area contributed by atoms with Gasteiger partial charge >= 0.3 is 0 Å². The fourth-order valence-electron chi connectivity index (χ4n) is 0.605. The molecule has 1 heterocycles. The van der Waals surface area contributed by atoms with Gasteiger partial charge in [-0.3, -0.25) is 4.79 Å². The summed E-state index contributed by atoms with van der Waals surface area (Å²) in [5, 5.41) is 0.316. The van der Waals surface area contributed by atoms with Crippen LogP contribution >= 0.6 is 23.2 Å². The molecule has 0 aromatic carbocycles. The van der Waals surface area contributed by atoms with E-state index in [1.165, 1.54) is 18.3 Å². The van der Waals surface area contributed by atoms with Crippen LogP contribution in [0.15, 0.2) is 12.3 Å². The zero-order valence-electron chi connectivity index (χ0n) is 5.87. The number of rotatable bonds is 2. The largest absolute Gasteiger partial charge is 0.299 e. The molecule has 0 unspecified atom stereocenters. The van der Waals surface area contributed by atoms with Gasteiger partial charge in [-0.05, 0) is 23.8 Å². The first-order valence-electron chi connectivity index (χ1n) is 3.04. The standard InChI is InChI=1S/C7H4Cl2N2O/c8-6-5(2-1-3-12)4-10-7(9)11-6/h1-4H. The Morgan fingerprint density at radius 2 is 2.17 bits per heavy atom. The van der Waals surface area contributed by atoms with Gasteiger partial charge < -0.3 is 0 Å². The number of hydrogen-bond acceptors (Lipinski definition) is 3. The molecule has 12 heavy (non-hydrogen) atoms. The fraction of sp³-hybridized carbons (Fsp3) is 0. The minimum absolute atomic E-state index is 0.0863. The second-order valence-electron chi connectivity index (χ2n) is 1.88. The van der Waals surface area contributed by atoms with Crippen molar-refractivity contribution in [2.75, 3.05) is 0 Å².